The molecule has 0 aliphatic rings. The van der Waals surface area contributed by atoms with Gasteiger partial charge in [-0.1, -0.05) is 6.07 Å². The summed E-state index contributed by atoms with van der Waals surface area (Å²) in [6.07, 6.45) is -5.50. The number of hydrogen-bond donors (Lipinski definition) is 4. The summed E-state index contributed by atoms with van der Waals surface area (Å²) in [5.74, 6) is -0.0766. The second kappa shape index (κ2) is 7.60. The third-order valence-corrected chi connectivity index (χ3v) is 2.93. The minimum atomic E-state index is -4.47. The fourth-order valence-electron chi connectivity index (χ4n) is 1.66. The van der Waals surface area contributed by atoms with Gasteiger partial charge in [0.2, 0.25) is 17.2 Å². The van der Waals surface area contributed by atoms with E-state index in [2.05, 4.69) is 25.6 Å². The van der Waals surface area contributed by atoms with Crippen LogP contribution in [0.3, 0.4) is 0 Å². The van der Waals surface area contributed by atoms with Crippen LogP contribution in [0.5, 0.6) is 0 Å². The van der Waals surface area contributed by atoms with Crippen molar-refractivity contribution in [1.82, 2.24) is 15.0 Å². The van der Waals surface area contributed by atoms with Crippen molar-refractivity contribution in [2.45, 2.75) is 12.3 Å². The average molecular weight is 364 g/mol. The van der Waals surface area contributed by atoms with Crippen molar-refractivity contribution < 1.29 is 23.4 Å². The molecule has 0 bridgehead atoms. The van der Waals surface area contributed by atoms with Crippen molar-refractivity contribution in [3.63, 3.8) is 0 Å². The Kier molecular flexibility index (Phi) is 5.75. The third kappa shape index (κ3) is 5.18. The maximum Gasteiger partial charge on any atom is 0.416 e. The van der Waals surface area contributed by atoms with Crippen LogP contribution in [0.25, 0.3) is 0 Å². The van der Waals surface area contributed by atoms with Crippen molar-refractivity contribution in [3.05, 3.63) is 35.1 Å². The molecule has 1 unspecified atom stereocenters. The standard InChI is InChI=1S/C13H13ClF3N5O2/c14-10-20-11(18-5-9(24)6-23)22-12(21-10)19-8-3-1-2-7(4-8)13(15,16)17/h1-4,9,23-24H,5-6H2,(H2,18,19,20,21,22). The number of rotatable bonds is 6. The zero-order valence-corrected chi connectivity index (χ0v) is 12.8. The Bertz CT molecular complexity index is 702. The van der Waals surface area contributed by atoms with Crippen LogP contribution in [-0.2, 0) is 6.18 Å². The Morgan fingerprint density at radius 2 is 1.88 bits per heavy atom. The molecule has 1 aromatic carbocycles. The Morgan fingerprint density at radius 1 is 1.17 bits per heavy atom. The van der Waals surface area contributed by atoms with Gasteiger partial charge in [-0.15, -0.1) is 0 Å². The van der Waals surface area contributed by atoms with E-state index in [1.807, 2.05) is 0 Å². The van der Waals surface area contributed by atoms with Gasteiger partial charge in [0.15, 0.2) is 0 Å². The summed E-state index contributed by atoms with van der Waals surface area (Å²) in [5.41, 5.74) is -0.703. The number of halogens is 4. The van der Waals surface area contributed by atoms with Gasteiger partial charge in [-0.2, -0.15) is 28.1 Å². The summed E-state index contributed by atoms with van der Waals surface area (Å²) >= 11 is 5.74. The van der Waals surface area contributed by atoms with Crippen LogP contribution < -0.4 is 10.6 Å². The molecule has 4 N–H and O–H groups in total. The molecule has 24 heavy (non-hydrogen) atoms. The highest BCUT2D eigenvalue weighted by atomic mass is 35.5. The van der Waals surface area contributed by atoms with Crippen LogP contribution in [0, 0.1) is 0 Å². The smallest absolute Gasteiger partial charge is 0.394 e. The SMILES string of the molecule is OCC(O)CNc1nc(Cl)nc(Nc2cccc(C(F)(F)F)c2)n1. The molecule has 11 heteroatoms. The molecule has 1 heterocycles. The molecule has 0 aliphatic heterocycles. The predicted octanol–water partition coefficient (Wildman–Crippen LogP) is 2.05. The third-order valence-electron chi connectivity index (χ3n) is 2.76. The fourth-order valence-corrected chi connectivity index (χ4v) is 1.82. The normalized spacial score (nSPS) is 12.8. The molecule has 0 amide bonds. The van der Waals surface area contributed by atoms with Crippen LogP contribution in [0.2, 0.25) is 5.28 Å². The summed E-state index contributed by atoms with van der Waals surface area (Å²) in [6, 6.07) is 4.50. The number of hydrogen-bond acceptors (Lipinski definition) is 7. The second-order valence-electron chi connectivity index (χ2n) is 4.67. The Labute approximate surface area is 139 Å². The van der Waals surface area contributed by atoms with E-state index < -0.39 is 24.5 Å². The molecule has 0 fully saturated rings. The molecule has 1 atom stereocenters. The van der Waals surface area contributed by atoms with E-state index in [1.165, 1.54) is 12.1 Å². The summed E-state index contributed by atoms with van der Waals surface area (Å²) in [7, 11) is 0. The lowest BCUT2D eigenvalue weighted by Gasteiger charge is -2.11. The predicted molar refractivity (Wildman–Crippen MR) is 81.1 cm³/mol. The first-order valence-electron chi connectivity index (χ1n) is 6.66. The molecule has 2 rings (SSSR count). The minimum absolute atomic E-state index is 0.00280. The lowest BCUT2D eigenvalue weighted by molar-refractivity contribution is -0.137. The first-order valence-corrected chi connectivity index (χ1v) is 7.04. The molecule has 1 aromatic heterocycles. The summed E-state index contributed by atoms with van der Waals surface area (Å²) in [4.78, 5) is 11.4. The topological polar surface area (TPSA) is 103 Å². The van der Waals surface area contributed by atoms with Gasteiger partial charge in [0, 0.05) is 12.2 Å². The van der Waals surface area contributed by atoms with E-state index in [4.69, 9.17) is 16.7 Å². The van der Waals surface area contributed by atoms with E-state index in [-0.39, 0.29) is 29.4 Å². The van der Waals surface area contributed by atoms with E-state index in [9.17, 15) is 18.3 Å². The molecule has 0 spiro atoms. The van der Waals surface area contributed by atoms with Crippen LogP contribution >= 0.6 is 11.6 Å². The molecular weight excluding hydrogens is 351 g/mol. The first kappa shape index (κ1) is 18.2. The maximum absolute atomic E-state index is 12.7. The first-order chi connectivity index (χ1) is 11.3. The van der Waals surface area contributed by atoms with Gasteiger partial charge in [0.05, 0.1) is 18.3 Å². The summed E-state index contributed by atoms with van der Waals surface area (Å²) < 4.78 is 38.1. The van der Waals surface area contributed by atoms with Crippen molar-refractivity contribution >= 4 is 29.2 Å². The zero-order chi connectivity index (χ0) is 17.7. The number of benzene rings is 1. The van der Waals surface area contributed by atoms with Gasteiger partial charge in [0.25, 0.3) is 0 Å². The van der Waals surface area contributed by atoms with Crippen molar-refractivity contribution in [2.24, 2.45) is 0 Å². The number of nitrogens with zero attached hydrogens (tertiary/aromatic N) is 3. The van der Waals surface area contributed by atoms with E-state index in [0.29, 0.717) is 0 Å². The Hall–Kier alpha value is -2.17. The maximum atomic E-state index is 12.7. The van der Waals surface area contributed by atoms with Gasteiger partial charge in [-0.05, 0) is 29.8 Å². The Morgan fingerprint density at radius 3 is 2.54 bits per heavy atom. The van der Waals surface area contributed by atoms with Crippen LogP contribution in [0.15, 0.2) is 24.3 Å². The lowest BCUT2D eigenvalue weighted by Crippen LogP contribution is -2.24. The highest BCUT2D eigenvalue weighted by Crippen LogP contribution is 2.31. The van der Waals surface area contributed by atoms with Gasteiger partial charge in [-0.3, -0.25) is 0 Å². The molecule has 0 saturated heterocycles. The number of anilines is 3. The number of alkyl halides is 3. The summed E-state index contributed by atoms with van der Waals surface area (Å²) in [5, 5.41) is 23.0. The number of aliphatic hydroxyl groups is 2. The summed E-state index contributed by atoms with van der Waals surface area (Å²) in [6.45, 7) is -0.499. The molecular formula is C13H13ClF3N5O2. The van der Waals surface area contributed by atoms with Crippen LogP contribution in [-0.4, -0.2) is 44.4 Å². The van der Waals surface area contributed by atoms with Gasteiger partial charge >= 0.3 is 6.18 Å². The highest BCUT2D eigenvalue weighted by molar-refractivity contribution is 6.28. The molecule has 130 valence electrons. The Balaban J connectivity index is 2.16. The largest absolute Gasteiger partial charge is 0.416 e. The number of aromatic nitrogens is 3. The van der Waals surface area contributed by atoms with Crippen molar-refractivity contribution in [2.75, 3.05) is 23.8 Å². The average Bonchev–Trinajstić information content (AvgIpc) is 2.51. The molecule has 0 radical (unpaired) electrons. The highest BCUT2D eigenvalue weighted by Gasteiger charge is 2.30. The van der Waals surface area contributed by atoms with Gasteiger partial charge in [0.1, 0.15) is 0 Å². The number of nitrogens with one attached hydrogen (secondary N) is 2. The van der Waals surface area contributed by atoms with Gasteiger partial charge in [-0.25, -0.2) is 0 Å². The fraction of sp³-hybridized carbons (Fsp3) is 0.308. The van der Waals surface area contributed by atoms with E-state index in [1.54, 1.807) is 0 Å². The van der Waals surface area contributed by atoms with Gasteiger partial charge < -0.3 is 20.8 Å². The molecule has 7 nitrogen and oxygen atoms in total. The number of aliphatic hydroxyl groups excluding tert-OH is 2. The molecule has 0 saturated carbocycles. The molecule has 2 aromatic rings. The second-order valence-corrected chi connectivity index (χ2v) is 5.01. The van der Waals surface area contributed by atoms with Crippen molar-refractivity contribution in [3.8, 4) is 0 Å². The van der Waals surface area contributed by atoms with E-state index in [0.717, 1.165) is 12.1 Å². The lowest BCUT2D eigenvalue weighted by atomic mass is 10.2. The zero-order valence-electron chi connectivity index (χ0n) is 12.0. The van der Waals surface area contributed by atoms with Crippen molar-refractivity contribution in [1.29, 1.82) is 0 Å². The minimum Gasteiger partial charge on any atom is -0.394 e. The molecule has 0 aliphatic carbocycles. The van der Waals surface area contributed by atoms with Crippen LogP contribution in [0.4, 0.5) is 30.8 Å². The van der Waals surface area contributed by atoms with E-state index >= 15 is 0 Å². The van der Waals surface area contributed by atoms with Crippen LogP contribution in [0.1, 0.15) is 5.56 Å². The quantitative estimate of drug-likeness (QED) is 0.622. The monoisotopic (exact) mass is 363 g/mol.